The Labute approximate surface area is 146 Å². The van der Waals surface area contributed by atoms with Crippen LogP contribution in [0, 0.1) is 0 Å². The molecule has 1 aromatic carbocycles. The van der Waals surface area contributed by atoms with Crippen LogP contribution in [0.4, 0.5) is 5.69 Å². The predicted octanol–water partition coefficient (Wildman–Crippen LogP) is 3.35. The topological polar surface area (TPSA) is 54.5 Å². The second-order valence-electron chi connectivity index (χ2n) is 6.17. The molecule has 2 aromatic rings. The smallest absolute Gasteiger partial charge is 0.254 e. The van der Waals surface area contributed by atoms with Gasteiger partial charge in [0, 0.05) is 35.6 Å². The van der Waals surface area contributed by atoms with Crippen molar-refractivity contribution in [3.63, 3.8) is 0 Å². The number of hydrogen-bond donors (Lipinski definition) is 1. The lowest BCUT2D eigenvalue weighted by Crippen LogP contribution is -2.40. The number of carbonyl (C=O) groups excluding carboxylic acids is 1. The van der Waals surface area contributed by atoms with Gasteiger partial charge in [0.1, 0.15) is 0 Å². The average molecular weight is 345 g/mol. The number of morpholine rings is 1. The highest BCUT2D eigenvalue weighted by Gasteiger charge is 2.18. The van der Waals surface area contributed by atoms with Crippen LogP contribution in [0.5, 0.6) is 0 Å². The molecular weight excluding hydrogens is 322 g/mol. The minimum Gasteiger partial charge on any atom is -0.379 e. The number of rotatable bonds is 5. The van der Waals surface area contributed by atoms with E-state index in [0.29, 0.717) is 44.3 Å². The van der Waals surface area contributed by atoms with Gasteiger partial charge in [0.2, 0.25) is 0 Å². The van der Waals surface area contributed by atoms with Gasteiger partial charge in [-0.3, -0.25) is 4.79 Å². The number of aromatic nitrogens is 1. The van der Waals surface area contributed by atoms with Gasteiger partial charge in [-0.1, -0.05) is 19.9 Å². The van der Waals surface area contributed by atoms with E-state index in [1.54, 1.807) is 11.3 Å². The molecule has 0 spiro atoms. The summed E-state index contributed by atoms with van der Waals surface area (Å²) in [6.07, 6.45) is 0. The van der Waals surface area contributed by atoms with E-state index in [1.807, 2.05) is 29.2 Å². The van der Waals surface area contributed by atoms with Crippen LogP contribution in [0.15, 0.2) is 29.6 Å². The van der Waals surface area contributed by atoms with Crippen molar-refractivity contribution < 1.29 is 9.53 Å². The van der Waals surface area contributed by atoms with Crippen molar-refractivity contribution in [1.82, 2.24) is 9.88 Å². The van der Waals surface area contributed by atoms with Gasteiger partial charge in [-0.25, -0.2) is 4.98 Å². The molecule has 3 rings (SSSR count). The molecule has 6 heteroatoms. The van der Waals surface area contributed by atoms with Gasteiger partial charge in [-0.15, -0.1) is 11.3 Å². The van der Waals surface area contributed by atoms with Gasteiger partial charge >= 0.3 is 0 Å². The van der Waals surface area contributed by atoms with E-state index < -0.39 is 0 Å². The van der Waals surface area contributed by atoms with E-state index >= 15 is 0 Å². The fourth-order valence-corrected chi connectivity index (χ4v) is 3.41. The van der Waals surface area contributed by atoms with Crippen molar-refractivity contribution in [2.45, 2.75) is 26.3 Å². The molecule has 1 aliphatic rings. The number of amides is 1. The number of hydrogen-bond acceptors (Lipinski definition) is 5. The average Bonchev–Trinajstić information content (AvgIpc) is 3.10. The normalized spacial score (nSPS) is 14.9. The standard InChI is InChI=1S/C18H23N3O2S/c1-13(2)17-20-16(12-24-17)11-19-15-5-3-4-14(10-15)18(22)21-6-8-23-9-7-21/h3-5,10,12-13,19H,6-9,11H2,1-2H3. The lowest BCUT2D eigenvalue weighted by atomic mass is 10.1. The predicted molar refractivity (Wildman–Crippen MR) is 96.7 cm³/mol. The molecule has 1 N–H and O–H groups in total. The summed E-state index contributed by atoms with van der Waals surface area (Å²) < 4.78 is 5.30. The Morgan fingerprint density at radius 2 is 2.17 bits per heavy atom. The first-order valence-electron chi connectivity index (χ1n) is 8.29. The molecule has 0 atom stereocenters. The maximum atomic E-state index is 12.5. The fourth-order valence-electron chi connectivity index (χ4n) is 2.57. The van der Waals surface area contributed by atoms with Crippen LogP contribution in [-0.4, -0.2) is 42.1 Å². The molecule has 2 heterocycles. The zero-order valence-corrected chi connectivity index (χ0v) is 14.9. The van der Waals surface area contributed by atoms with E-state index in [2.05, 4.69) is 29.5 Å². The van der Waals surface area contributed by atoms with Crippen LogP contribution in [0.2, 0.25) is 0 Å². The molecule has 1 aromatic heterocycles. The highest BCUT2D eigenvalue weighted by Crippen LogP contribution is 2.20. The SMILES string of the molecule is CC(C)c1nc(CNc2cccc(C(=O)N3CCOCC3)c2)cs1. The largest absolute Gasteiger partial charge is 0.379 e. The van der Waals surface area contributed by atoms with Gasteiger partial charge in [0.05, 0.1) is 30.5 Å². The molecule has 1 fully saturated rings. The number of carbonyl (C=O) groups is 1. The summed E-state index contributed by atoms with van der Waals surface area (Å²) in [6, 6.07) is 7.67. The Hall–Kier alpha value is -1.92. The second-order valence-corrected chi connectivity index (χ2v) is 7.06. The molecule has 1 aliphatic heterocycles. The number of nitrogens with zero attached hydrogens (tertiary/aromatic N) is 2. The monoisotopic (exact) mass is 345 g/mol. The highest BCUT2D eigenvalue weighted by atomic mass is 32.1. The summed E-state index contributed by atoms with van der Waals surface area (Å²) in [4.78, 5) is 19.0. The number of anilines is 1. The van der Waals surface area contributed by atoms with E-state index in [4.69, 9.17) is 4.74 Å². The van der Waals surface area contributed by atoms with Gasteiger partial charge < -0.3 is 15.0 Å². The molecule has 1 amide bonds. The zero-order chi connectivity index (χ0) is 16.9. The second kappa shape index (κ2) is 7.77. The Bertz CT molecular complexity index is 693. The number of thiazole rings is 1. The quantitative estimate of drug-likeness (QED) is 0.903. The third kappa shape index (κ3) is 4.13. The summed E-state index contributed by atoms with van der Waals surface area (Å²) >= 11 is 1.70. The minimum absolute atomic E-state index is 0.0673. The molecule has 128 valence electrons. The molecule has 24 heavy (non-hydrogen) atoms. The molecular formula is C18H23N3O2S. The molecule has 5 nitrogen and oxygen atoms in total. The highest BCUT2D eigenvalue weighted by molar-refractivity contribution is 7.09. The Balaban J connectivity index is 1.63. The van der Waals surface area contributed by atoms with Crippen LogP contribution in [0.1, 0.15) is 40.8 Å². The van der Waals surface area contributed by atoms with Crippen molar-refractivity contribution in [2.75, 3.05) is 31.6 Å². The zero-order valence-electron chi connectivity index (χ0n) is 14.1. The van der Waals surface area contributed by atoms with E-state index in [9.17, 15) is 4.79 Å². The first-order valence-corrected chi connectivity index (χ1v) is 9.16. The molecule has 0 radical (unpaired) electrons. The number of benzene rings is 1. The summed E-state index contributed by atoms with van der Waals surface area (Å²) in [7, 11) is 0. The molecule has 0 bridgehead atoms. The van der Waals surface area contributed by atoms with Crippen LogP contribution in [-0.2, 0) is 11.3 Å². The minimum atomic E-state index is 0.0673. The summed E-state index contributed by atoms with van der Waals surface area (Å²) in [5.74, 6) is 0.524. The Kier molecular flexibility index (Phi) is 5.48. The molecule has 0 unspecified atom stereocenters. The molecule has 0 aliphatic carbocycles. The van der Waals surface area contributed by atoms with Gasteiger partial charge in [0.25, 0.3) is 5.91 Å². The van der Waals surface area contributed by atoms with E-state index in [0.717, 1.165) is 16.4 Å². The van der Waals surface area contributed by atoms with Crippen LogP contribution in [0.3, 0.4) is 0 Å². The fraction of sp³-hybridized carbons (Fsp3) is 0.444. The Morgan fingerprint density at radius 1 is 1.38 bits per heavy atom. The van der Waals surface area contributed by atoms with Gasteiger partial charge in [-0.2, -0.15) is 0 Å². The van der Waals surface area contributed by atoms with Crippen molar-refractivity contribution in [3.8, 4) is 0 Å². The lowest BCUT2D eigenvalue weighted by molar-refractivity contribution is 0.0303. The Morgan fingerprint density at radius 3 is 2.88 bits per heavy atom. The maximum Gasteiger partial charge on any atom is 0.254 e. The van der Waals surface area contributed by atoms with Gasteiger partial charge in [0.15, 0.2) is 0 Å². The van der Waals surface area contributed by atoms with Crippen LogP contribution >= 0.6 is 11.3 Å². The van der Waals surface area contributed by atoms with Crippen molar-refractivity contribution in [1.29, 1.82) is 0 Å². The van der Waals surface area contributed by atoms with Crippen LogP contribution in [0.25, 0.3) is 0 Å². The van der Waals surface area contributed by atoms with Crippen molar-refractivity contribution in [2.24, 2.45) is 0 Å². The first kappa shape index (κ1) is 16.9. The summed E-state index contributed by atoms with van der Waals surface area (Å²) in [6.45, 7) is 7.52. The van der Waals surface area contributed by atoms with Crippen LogP contribution < -0.4 is 5.32 Å². The third-order valence-electron chi connectivity index (χ3n) is 3.94. The molecule has 1 saturated heterocycles. The number of nitrogens with one attached hydrogen (secondary N) is 1. The summed E-state index contributed by atoms with van der Waals surface area (Å²) in [5, 5.41) is 6.60. The maximum absolute atomic E-state index is 12.5. The van der Waals surface area contributed by atoms with E-state index in [-0.39, 0.29) is 5.91 Å². The van der Waals surface area contributed by atoms with E-state index in [1.165, 1.54) is 0 Å². The third-order valence-corrected chi connectivity index (χ3v) is 5.14. The first-order chi connectivity index (χ1) is 11.6. The van der Waals surface area contributed by atoms with Crippen molar-refractivity contribution >= 4 is 22.9 Å². The molecule has 0 saturated carbocycles. The number of ether oxygens (including phenoxy) is 1. The van der Waals surface area contributed by atoms with Crippen molar-refractivity contribution in [3.05, 3.63) is 45.9 Å². The summed E-state index contributed by atoms with van der Waals surface area (Å²) in [5.41, 5.74) is 2.69. The van der Waals surface area contributed by atoms with Gasteiger partial charge in [-0.05, 0) is 18.2 Å². The lowest BCUT2D eigenvalue weighted by Gasteiger charge is -2.27.